The number of amides is 2. The van der Waals surface area contributed by atoms with E-state index in [-0.39, 0.29) is 29.8 Å². The van der Waals surface area contributed by atoms with Crippen LogP contribution in [0, 0.1) is 0 Å². The molecular weight excluding hydrogens is 496 g/mol. The second-order valence-corrected chi connectivity index (χ2v) is 10.6. The van der Waals surface area contributed by atoms with Crippen molar-refractivity contribution in [2.45, 2.75) is 37.3 Å². The third kappa shape index (κ3) is 6.76. The first-order valence-corrected chi connectivity index (χ1v) is 14.2. The number of nitrogens with two attached hydrogens (primary N) is 1. The molecule has 206 valence electrons. The molecule has 4 aromatic rings. The van der Waals surface area contributed by atoms with Crippen molar-refractivity contribution >= 4 is 22.6 Å². The van der Waals surface area contributed by atoms with Crippen LogP contribution in [0.4, 0.5) is 0 Å². The molecule has 0 aliphatic carbocycles. The summed E-state index contributed by atoms with van der Waals surface area (Å²) in [5, 5.41) is 8.81. The molecule has 1 fully saturated rings. The average Bonchev–Trinajstić information content (AvgIpc) is 3.16. The van der Waals surface area contributed by atoms with Gasteiger partial charge < -0.3 is 21.3 Å². The summed E-state index contributed by atoms with van der Waals surface area (Å²) in [4.78, 5) is 28.8. The summed E-state index contributed by atoms with van der Waals surface area (Å²) in [5.41, 5.74) is 8.84. The number of fused-ring (bicyclic) bond motifs is 1. The number of nitrogens with one attached hydrogen (secondary N) is 2. The second kappa shape index (κ2) is 13.4. The SMILES string of the molecule is NCCC[C@@H]1N[C@H](CNC(=O)c2ccc3ccccc3c2)CCN(CC(c2ccccc2)c2ccccc2)C1=O. The molecule has 6 heteroatoms. The molecule has 1 aliphatic heterocycles. The molecule has 0 aromatic heterocycles. The third-order valence-corrected chi connectivity index (χ3v) is 7.82. The molecule has 6 nitrogen and oxygen atoms in total. The van der Waals surface area contributed by atoms with Gasteiger partial charge in [-0.15, -0.1) is 0 Å². The van der Waals surface area contributed by atoms with E-state index in [9.17, 15) is 9.59 Å². The topological polar surface area (TPSA) is 87.5 Å². The van der Waals surface area contributed by atoms with Gasteiger partial charge >= 0.3 is 0 Å². The molecule has 1 saturated heterocycles. The maximum atomic E-state index is 13.8. The maximum Gasteiger partial charge on any atom is 0.251 e. The number of hydrogen-bond acceptors (Lipinski definition) is 4. The number of carbonyl (C=O) groups excluding carboxylic acids is 2. The van der Waals surface area contributed by atoms with E-state index in [1.807, 2.05) is 59.5 Å². The van der Waals surface area contributed by atoms with Crippen molar-refractivity contribution < 1.29 is 9.59 Å². The highest BCUT2D eigenvalue weighted by Gasteiger charge is 2.32. The summed E-state index contributed by atoms with van der Waals surface area (Å²) >= 11 is 0. The molecular formula is C34H38N4O2. The lowest BCUT2D eigenvalue weighted by molar-refractivity contribution is -0.133. The molecule has 2 amide bonds. The Bertz CT molecular complexity index is 1370. The number of rotatable bonds is 10. The minimum atomic E-state index is -0.333. The zero-order chi connectivity index (χ0) is 27.7. The van der Waals surface area contributed by atoms with Crippen molar-refractivity contribution in [3.8, 4) is 0 Å². The van der Waals surface area contributed by atoms with Gasteiger partial charge in [-0.1, -0.05) is 91.0 Å². The van der Waals surface area contributed by atoms with Crippen molar-refractivity contribution in [3.63, 3.8) is 0 Å². The molecule has 1 heterocycles. The van der Waals surface area contributed by atoms with Crippen LogP contribution in [0.3, 0.4) is 0 Å². The third-order valence-electron chi connectivity index (χ3n) is 7.82. The monoisotopic (exact) mass is 534 g/mol. The average molecular weight is 535 g/mol. The summed E-state index contributed by atoms with van der Waals surface area (Å²) in [6, 6.07) is 34.2. The van der Waals surface area contributed by atoms with Gasteiger partial charge in [0.25, 0.3) is 5.91 Å². The number of nitrogens with zero attached hydrogens (tertiary/aromatic N) is 1. The fraction of sp³-hybridized carbons (Fsp3) is 0.294. The highest BCUT2D eigenvalue weighted by molar-refractivity contribution is 5.98. The fourth-order valence-corrected chi connectivity index (χ4v) is 5.60. The van der Waals surface area contributed by atoms with Crippen LogP contribution in [-0.2, 0) is 4.79 Å². The first-order valence-electron chi connectivity index (χ1n) is 14.2. The van der Waals surface area contributed by atoms with Crippen LogP contribution in [0.1, 0.15) is 46.7 Å². The maximum absolute atomic E-state index is 13.8. The Morgan fingerprint density at radius 3 is 2.23 bits per heavy atom. The van der Waals surface area contributed by atoms with Gasteiger partial charge in [0, 0.05) is 37.2 Å². The summed E-state index contributed by atoms with van der Waals surface area (Å²) in [6.45, 7) is 2.21. The standard InChI is InChI=1S/C34H38N4O2/c35-20-9-16-32-34(40)38(24-31(26-11-3-1-4-12-26)27-13-5-2-6-14-27)21-19-30(37-32)23-36-33(39)29-18-17-25-10-7-8-15-28(25)22-29/h1-8,10-15,17-18,22,30-32,37H,9,16,19-21,23-24,35H2,(H,36,39)/t30-,32-/m0/s1. The van der Waals surface area contributed by atoms with Crippen molar-refractivity contribution in [2.75, 3.05) is 26.2 Å². The Hall–Kier alpha value is -4.00. The van der Waals surface area contributed by atoms with Crippen molar-refractivity contribution in [1.29, 1.82) is 0 Å². The van der Waals surface area contributed by atoms with E-state index < -0.39 is 0 Å². The molecule has 5 rings (SSSR count). The van der Waals surface area contributed by atoms with Crippen LogP contribution in [0.2, 0.25) is 0 Å². The largest absolute Gasteiger partial charge is 0.350 e. The van der Waals surface area contributed by atoms with Crippen molar-refractivity contribution in [2.24, 2.45) is 5.73 Å². The van der Waals surface area contributed by atoms with Crippen molar-refractivity contribution in [3.05, 3.63) is 120 Å². The summed E-state index contributed by atoms with van der Waals surface area (Å²) < 4.78 is 0. The molecule has 0 bridgehead atoms. The minimum absolute atomic E-state index is 0.0203. The summed E-state index contributed by atoms with van der Waals surface area (Å²) in [6.07, 6.45) is 2.18. The smallest absolute Gasteiger partial charge is 0.251 e. The number of carbonyl (C=O) groups is 2. The summed E-state index contributed by atoms with van der Waals surface area (Å²) in [7, 11) is 0. The Morgan fingerprint density at radius 2 is 1.55 bits per heavy atom. The molecule has 0 spiro atoms. The van der Waals surface area contributed by atoms with Gasteiger partial charge in [0.15, 0.2) is 0 Å². The zero-order valence-electron chi connectivity index (χ0n) is 22.8. The fourth-order valence-electron chi connectivity index (χ4n) is 5.60. The lowest BCUT2D eigenvalue weighted by atomic mass is 9.90. The quantitative estimate of drug-likeness (QED) is 0.275. The Balaban J connectivity index is 1.30. The van der Waals surface area contributed by atoms with Crippen LogP contribution >= 0.6 is 0 Å². The first-order chi connectivity index (χ1) is 19.6. The van der Waals surface area contributed by atoms with Gasteiger partial charge in [-0.25, -0.2) is 0 Å². The summed E-state index contributed by atoms with van der Waals surface area (Å²) in [5.74, 6) is 0.0750. The van der Waals surface area contributed by atoms with Crippen LogP contribution in [-0.4, -0.2) is 55.0 Å². The van der Waals surface area contributed by atoms with Crippen LogP contribution in [0.5, 0.6) is 0 Å². The van der Waals surface area contributed by atoms with Gasteiger partial charge in [-0.3, -0.25) is 9.59 Å². The van der Waals surface area contributed by atoms with Crippen molar-refractivity contribution in [1.82, 2.24) is 15.5 Å². The first kappa shape index (κ1) is 27.6. The highest BCUT2D eigenvalue weighted by atomic mass is 16.2. The molecule has 0 saturated carbocycles. The van der Waals surface area contributed by atoms with Gasteiger partial charge in [0.2, 0.25) is 5.91 Å². The van der Waals surface area contributed by atoms with E-state index >= 15 is 0 Å². The normalized spacial score (nSPS) is 17.6. The Morgan fingerprint density at radius 1 is 0.900 bits per heavy atom. The minimum Gasteiger partial charge on any atom is -0.350 e. The van der Waals surface area contributed by atoms with Gasteiger partial charge in [-0.05, 0) is 59.8 Å². The van der Waals surface area contributed by atoms with Gasteiger partial charge in [0.05, 0.1) is 6.04 Å². The van der Waals surface area contributed by atoms with E-state index in [1.54, 1.807) is 0 Å². The molecule has 0 radical (unpaired) electrons. The number of benzene rings is 4. The van der Waals surface area contributed by atoms with E-state index in [0.717, 1.165) is 23.6 Å². The van der Waals surface area contributed by atoms with Crippen LogP contribution < -0.4 is 16.4 Å². The molecule has 4 N–H and O–H groups in total. The predicted molar refractivity (Wildman–Crippen MR) is 161 cm³/mol. The molecule has 40 heavy (non-hydrogen) atoms. The van der Waals surface area contributed by atoms with Gasteiger partial charge in [0.1, 0.15) is 0 Å². The van der Waals surface area contributed by atoms with Gasteiger partial charge in [-0.2, -0.15) is 0 Å². The Labute approximate surface area is 236 Å². The highest BCUT2D eigenvalue weighted by Crippen LogP contribution is 2.27. The van der Waals surface area contributed by atoms with E-state index in [4.69, 9.17) is 5.73 Å². The second-order valence-electron chi connectivity index (χ2n) is 10.6. The van der Waals surface area contributed by atoms with E-state index in [0.29, 0.717) is 38.2 Å². The molecule has 1 aliphatic rings. The lowest BCUT2D eigenvalue weighted by Crippen LogP contribution is -2.49. The lowest BCUT2D eigenvalue weighted by Gasteiger charge is -2.29. The molecule has 0 unspecified atom stereocenters. The zero-order valence-corrected chi connectivity index (χ0v) is 22.8. The molecule has 4 aromatic carbocycles. The van der Waals surface area contributed by atoms with Crippen LogP contribution in [0.15, 0.2) is 103 Å². The Kier molecular flexibility index (Phi) is 9.22. The van der Waals surface area contributed by atoms with E-state index in [1.165, 1.54) is 11.1 Å². The van der Waals surface area contributed by atoms with Crippen LogP contribution in [0.25, 0.3) is 10.8 Å². The molecule has 2 atom stereocenters. The number of hydrogen-bond donors (Lipinski definition) is 3. The van der Waals surface area contributed by atoms with E-state index in [2.05, 4.69) is 59.2 Å². The predicted octanol–water partition coefficient (Wildman–Crippen LogP) is 4.70.